The van der Waals surface area contributed by atoms with Gasteiger partial charge in [-0.15, -0.1) is 0 Å². The highest BCUT2D eigenvalue weighted by atomic mass is 32.2. The van der Waals surface area contributed by atoms with E-state index in [-0.39, 0.29) is 10.7 Å². The largest absolute Gasteiger partial charge is 0.224 e. The van der Waals surface area contributed by atoms with Gasteiger partial charge in [-0.2, -0.15) is 0 Å². The second kappa shape index (κ2) is 3.31. The number of hydrogen-bond donors (Lipinski definition) is 0. The van der Waals surface area contributed by atoms with E-state index in [1.165, 1.54) is 18.2 Å². The van der Waals surface area contributed by atoms with Crippen molar-refractivity contribution in [2.75, 3.05) is 6.26 Å². The summed E-state index contributed by atoms with van der Waals surface area (Å²) in [6, 6.07) is 8.89. The fourth-order valence-electron chi connectivity index (χ4n) is 1.43. The molecule has 2 aromatic rings. The summed E-state index contributed by atoms with van der Waals surface area (Å²) in [5.74, 6) is -0.324. The Labute approximate surface area is 87.3 Å². The lowest BCUT2D eigenvalue weighted by Gasteiger charge is -2.01. The Morgan fingerprint density at radius 1 is 1.00 bits per heavy atom. The highest BCUT2D eigenvalue weighted by Gasteiger charge is 2.07. The van der Waals surface area contributed by atoms with Crippen LogP contribution >= 0.6 is 0 Å². The molecule has 4 heteroatoms. The van der Waals surface area contributed by atoms with Crippen LogP contribution in [0, 0.1) is 5.82 Å². The van der Waals surface area contributed by atoms with Crippen molar-refractivity contribution in [2.24, 2.45) is 0 Å². The monoisotopic (exact) mass is 224 g/mol. The van der Waals surface area contributed by atoms with Crippen LogP contribution in [0.15, 0.2) is 41.3 Å². The quantitative estimate of drug-likeness (QED) is 0.745. The average Bonchev–Trinajstić information content (AvgIpc) is 2.15. The van der Waals surface area contributed by atoms with Crippen LogP contribution in [0.2, 0.25) is 0 Å². The third-order valence-corrected chi connectivity index (χ3v) is 3.31. The van der Waals surface area contributed by atoms with Crippen LogP contribution < -0.4 is 0 Å². The lowest BCUT2D eigenvalue weighted by atomic mass is 10.1. The van der Waals surface area contributed by atoms with Gasteiger partial charge in [-0.05, 0) is 35.0 Å². The molecule has 0 saturated carbocycles. The Bertz CT molecular complexity index is 618. The van der Waals surface area contributed by atoms with Crippen molar-refractivity contribution in [2.45, 2.75) is 4.90 Å². The van der Waals surface area contributed by atoms with Crippen molar-refractivity contribution in [3.05, 3.63) is 42.2 Å². The second-order valence-corrected chi connectivity index (χ2v) is 5.44. The summed E-state index contributed by atoms with van der Waals surface area (Å²) in [5.41, 5.74) is 0. The molecule has 0 atom stereocenters. The summed E-state index contributed by atoms with van der Waals surface area (Å²) < 4.78 is 35.4. The predicted octanol–water partition coefficient (Wildman–Crippen LogP) is 2.38. The van der Waals surface area contributed by atoms with Gasteiger partial charge in [0.2, 0.25) is 0 Å². The minimum atomic E-state index is -3.20. The van der Waals surface area contributed by atoms with Gasteiger partial charge in [0.05, 0.1) is 4.90 Å². The minimum Gasteiger partial charge on any atom is -0.224 e. The lowest BCUT2D eigenvalue weighted by Crippen LogP contribution is -1.96. The molecule has 0 bridgehead atoms. The van der Waals surface area contributed by atoms with E-state index in [1.54, 1.807) is 18.2 Å². The molecule has 0 fully saturated rings. The van der Waals surface area contributed by atoms with Crippen LogP contribution in [0.25, 0.3) is 10.8 Å². The maximum atomic E-state index is 12.9. The van der Waals surface area contributed by atoms with Gasteiger partial charge in [0.15, 0.2) is 9.84 Å². The van der Waals surface area contributed by atoms with E-state index < -0.39 is 9.84 Å². The Hall–Kier alpha value is -1.42. The van der Waals surface area contributed by atoms with Crippen molar-refractivity contribution in [3.8, 4) is 0 Å². The maximum Gasteiger partial charge on any atom is 0.175 e. The second-order valence-electron chi connectivity index (χ2n) is 3.43. The molecule has 0 unspecified atom stereocenters. The van der Waals surface area contributed by atoms with E-state index in [4.69, 9.17) is 0 Å². The van der Waals surface area contributed by atoms with Crippen LogP contribution in [0.1, 0.15) is 0 Å². The summed E-state index contributed by atoms with van der Waals surface area (Å²) in [7, 11) is -3.20. The third-order valence-electron chi connectivity index (χ3n) is 2.20. The van der Waals surface area contributed by atoms with Gasteiger partial charge in [-0.3, -0.25) is 0 Å². The molecular weight excluding hydrogens is 215 g/mol. The SMILES string of the molecule is CS(=O)(=O)c1ccc2cc(F)ccc2c1. The highest BCUT2D eigenvalue weighted by molar-refractivity contribution is 7.90. The Kier molecular flexibility index (Phi) is 2.23. The van der Waals surface area contributed by atoms with Gasteiger partial charge in [-0.25, -0.2) is 12.8 Å². The first-order valence-electron chi connectivity index (χ1n) is 4.36. The number of fused-ring (bicyclic) bond motifs is 1. The zero-order chi connectivity index (χ0) is 11.1. The van der Waals surface area contributed by atoms with Crippen molar-refractivity contribution in [1.29, 1.82) is 0 Å². The molecule has 0 heterocycles. The maximum absolute atomic E-state index is 12.9. The number of hydrogen-bond acceptors (Lipinski definition) is 2. The lowest BCUT2D eigenvalue weighted by molar-refractivity contribution is 0.602. The highest BCUT2D eigenvalue weighted by Crippen LogP contribution is 2.19. The fraction of sp³-hybridized carbons (Fsp3) is 0.0909. The third kappa shape index (κ3) is 1.99. The summed E-state index contributed by atoms with van der Waals surface area (Å²) in [4.78, 5) is 0.251. The first-order chi connectivity index (χ1) is 6.97. The topological polar surface area (TPSA) is 34.1 Å². The van der Waals surface area contributed by atoms with Crippen LogP contribution in [-0.2, 0) is 9.84 Å². The molecule has 2 aromatic carbocycles. The molecule has 0 N–H and O–H groups in total. The average molecular weight is 224 g/mol. The minimum absolute atomic E-state index is 0.251. The van der Waals surface area contributed by atoms with Crippen molar-refractivity contribution >= 4 is 20.6 Å². The summed E-state index contributed by atoms with van der Waals surface area (Å²) in [6.07, 6.45) is 1.15. The first-order valence-corrected chi connectivity index (χ1v) is 6.25. The van der Waals surface area contributed by atoms with E-state index >= 15 is 0 Å². The van der Waals surface area contributed by atoms with E-state index in [0.29, 0.717) is 5.39 Å². The molecular formula is C11H9FO2S. The predicted molar refractivity (Wildman–Crippen MR) is 57.0 cm³/mol. The van der Waals surface area contributed by atoms with Crippen LogP contribution in [0.5, 0.6) is 0 Å². The van der Waals surface area contributed by atoms with Crippen LogP contribution in [0.4, 0.5) is 4.39 Å². The smallest absolute Gasteiger partial charge is 0.175 e. The zero-order valence-electron chi connectivity index (χ0n) is 8.07. The number of sulfone groups is 1. The van der Waals surface area contributed by atoms with Crippen molar-refractivity contribution in [1.82, 2.24) is 0 Å². The van der Waals surface area contributed by atoms with E-state index in [2.05, 4.69) is 0 Å². The van der Waals surface area contributed by atoms with Gasteiger partial charge in [-0.1, -0.05) is 12.1 Å². The van der Waals surface area contributed by atoms with Crippen LogP contribution in [-0.4, -0.2) is 14.7 Å². The van der Waals surface area contributed by atoms with Gasteiger partial charge in [0, 0.05) is 6.26 Å². The molecule has 78 valence electrons. The number of rotatable bonds is 1. The van der Waals surface area contributed by atoms with Gasteiger partial charge in [0.1, 0.15) is 5.82 Å². The Balaban J connectivity index is 2.73. The molecule has 0 amide bonds. The van der Waals surface area contributed by atoms with E-state index in [9.17, 15) is 12.8 Å². The summed E-state index contributed by atoms with van der Waals surface area (Å²) in [6.45, 7) is 0. The van der Waals surface area contributed by atoms with Crippen molar-refractivity contribution < 1.29 is 12.8 Å². The normalized spacial score (nSPS) is 11.9. The molecule has 0 aliphatic rings. The summed E-state index contributed by atoms with van der Waals surface area (Å²) in [5, 5.41) is 1.42. The Morgan fingerprint density at radius 2 is 1.60 bits per heavy atom. The van der Waals surface area contributed by atoms with Gasteiger partial charge < -0.3 is 0 Å². The van der Waals surface area contributed by atoms with E-state index in [0.717, 1.165) is 11.6 Å². The fourth-order valence-corrected chi connectivity index (χ4v) is 2.08. The number of benzene rings is 2. The standard InChI is InChI=1S/C11H9FO2S/c1-15(13,14)11-5-3-8-6-10(12)4-2-9(8)7-11/h2-7H,1H3. The van der Waals surface area contributed by atoms with Gasteiger partial charge >= 0.3 is 0 Å². The molecule has 2 nitrogen and oxygen atoms in total. The molecule has 0 saturated heterocycles. The van der Waals surface area contributed by atoms with Crippen LogP contribution in [0.3, 0.4) is 0 Å². The zero-order valence-corrected chi connectivity index (χ0v) is 8.88. The van der Waals surface area contributed by atoms with Gasteiger partial charge in [0.25, 0.3) is 0 Å². The molecule has 2 rings (SSSR count). The molecule has 0 aromatic heterocycles. The molecule has 0 spiro atoms. The molecule has 15 heavy (non-hydrogen) atoms. The number of halogens is 1. The summed E-state index contributed by atoms with van der Waals surface area (Å²) >= 11 is 0. The molecule has 0 aliphatic heterocycles. The Morgan fingerprint density at radius 3 is 2.27 bits per heavy atom. The van der Waals surface area contributed by atoms with Crippen molar-refractivity contribution in [3.63, 3.8) is 0 Å². The molecule has 0 radical (unpaired) electrons. The molecule has 0 aliphatic carbocycles. The first kappa shape index (κ1) is 10.1. The van der Waals surface area contributed by atoms with E-state index in [1.807, 2.05) is 0 Å².